The van der Waals surface area contributed by atoms with Crippen molar-refractivity contribution < 1.29 is 4.39 Å². The summed E-state index contributed by atoms with van der Waals surface area (Å²) in [5.74, 6) is 0.677. The highest BCUT2D eigenvalue weighted by Gasteiger charge is 2.05. The van der Waals surface area contributed by atoms with Crippen LogP contribution in [0.2, 0.25) is 0 Å². The van der Waals surface area contributed by atoms with Crippen LogP contribution in [0.5, 0.6) is 0 Å². The van der Waals surface area contributed by atoms with Crippen molar-refractivity contribution in [3.8, 4) is 0 Å². The Hall–Kier alpha value is -1.22. The molecule has 4 heteroatoms. The molecule has 0 saturated heterocycles. The molecule has 1 heterocycles. The van der Waals surface area contributed by atoms with Gasteiger partial charge in [-0.2, -0.15) is 0 Å². The molecule has 2 aromatic rings. The van der Waals surface area contributed by atoms with Crippen LogP contribution in [0.1, 0.15) is 11.5 Å². The van der Waals surface area contributed by atoms with Crippen molar-refractivity contribution in [3.05, 3.63) is 35.8 Å². The van der Waals surface area contributed by atoms with Gasteiger partial charge < -0.3 is 0 Å². The number of nitrogens with zero attached hydrogens (tertiary/aromatic N) is 2. The lowest BCUT2D eigenvalue weighted by atomic mass is 10.2. The van der Waals surface area contributed by atoms with E-state index >= 15 is 0 Å². The zero-order valence-electron chi connectivity index (χ0n) is 7.37. The minimum absolute atomic E-state index is 0.206. The summed E-state index contributed by atoms with van der Waals surface area (Å²) < 4.78 is 12.6. The average molecular weight is 211 g/mol. The van der Waals surface area contributed by atoms with Gasteiger partial charge in [0.25, 0.3) is 0 Å². The van der Waals surface area contributed by atoms with Crippen LogP contribution < -0.4 is 0 Å². The van der Waals surface area contributed by atoms with Crippen LogP contribution in [0.3, 0.4) is 0 Å². The molecule has 0 atom stereocenters. The summed E-state index contributed by atoms with van der Waals surface area (Å²) in [6.07, 6.45) is 0. The third kappa shape index (κ3) is 1.55. The van der Waals surface area contributed by atoms with Crippen molar-refractivity contribution in [2.24, 2.45) is 0 Å². The van der Waals surface area contributed by atoms with Gasteiger partial charge in [0.2, 0.25) is 0 Å². The number of para-hydroxylation sites is 1. The third-order valence-electron chi connectivity index (χ3n) is 1.97. The van der Waals surface area contributed by atoms with Gasteiger partial charge in [-0.15, -0.1) is 11.6 Å². The van der Waals surface area contributed by atoms with Crippen LogP contribution in [-0.4, -0.2) is 9.97 Å². The Balaban J connectivity index is 2.73. The van der Waals surface area contributed by atoms with E-state index in [1.807, 2.05) is 24.3 Å². The number of alkyl halides is 2. The molecule has 1 aromatic heterocycles. The summed E-state index contributed by atoms with van der Waals surface area (Å²) in [5, 5.41) is 0.754. The van der Waals surface area contributed by atoms with Gasteiger partial charge in [0.1, 0.15) is 12.5 Å². The van der Waals surface area contributed by atoms with E-state index in [1.165, 1.54) is 0 Å². The predicted octanol–water partition coefficient (Wildman–Crippen LogP) is 2.84. The number of aromatic nitrogens is 2. The molecule has 0 amide bonds. The van der Waals surface area contributed by atoms with Crippen LogP contribution in [0, 0.1) is 0 Å². The molecule has 1 aromatic carbocycles. The second-order valence-corrected chi connectivity index (χ2v) is 3.14. The molecule has 0 aliphatic heterocycles. The van der Waals surface area contributed by atoms with Gasteiger partial charge in [0, 0.05) is 5.39 Å². The zero-order chi connectivity index (χ0) is 9.97. The van der Waals surface area contributed by atoms with Crippen molar-refractivity contribution in [3.63, 3.8) is 0 Å². The van der Waals surface area contributed by atoms with E-state index in [0.717, 1.165) is 10.9 Å². The van der Waals surface area contributed by atoms with Crippen molar-refractivity contribution in [2.45, 2.75) is 12.6 Å². The molecular weight excluding hydrogens is 203 g/mol. The number of hydrogen-bond donors (Lipinski definition) is 0. The first-order valence-electron chi connectivity index (χ1n) is 4.21. The highest BCUT2D eigenvalue weighted by molar-refractivity contribution is 6.16. The van der Waals surface area contributed by atoms with Crippen molar-refractivity contribution in [1.29, 1.82) is 0 Å². The minimum Gasteiger partial charge on any atom is -0.244 e. The maximum Gasteiger partial charge on any atom is 0.144 e. The molecule has 0 aliphatic rings. The van der Waals surface area contributed by atoms with Gasteiger partial charge in [-0.1, -0.05) is 18.2 Å². The fraction of sp³-hybridized carbons (Fsp3) is 0.200. The van der Waals surface area contributed by atoms with E-state index in [1.54, 1.807) is 0 Å². The first kappa shape index (κ1) is 9.34. The Morgan fingerprint density at radius 2 is 2.00 bits per heavy atom. The summed E-state index contributed by atoms with van der Waals surface area (Å²) >= 11 is 5.61. The summed E-state index contributed by atoms with van der Waals surface area (Å²) in [7, 11) is 0. The molecule has 72 valence electrons. The minimum atomic E-state index is -0.590. The van der Waals surface area contributed by atoms with Crippen LogP contribution in [-0.2, 0) is 12.6 Å². The monoisotopic (exact) mass is 210 g/mol. The number of hydrogen-bond acceptors (Lipinski definition) is 2. The lowest BCUT2D eigenvalue weighted by molar-refractivity contribution is 0.477. The molecule has 0 fully saturated rings. The fourth-order valence-electron chi connectivity index (χ4n) is 1.36. The summed E-state index contributed by atoms with van der Waals surface area (Å²) in [6, 6.07) is 7.33. The van der Waals surface area contributed by atoms with Gasteiger partial charge in [-0.05, 0) is 6.07 Å². The highest BCUT2D eigenvalue weighted by Crippen LogP contribution is 2.16. The number of fused-ring (bicyclic) bond motifs is 1. The fourth-order valence-corrected chi connectivity index (χ4v) is 1.48. The lowest BCUT2D eigenvalue weighted by Crippen LogP contribution is -1.97. The molecule has 0 aliphatic carbocycles. The Kier molecular flexibility index (Phi) is 2.59. The standard InChI is InChI=1S/C10H8ClFN2/c11-5-10-13-8-4-2-1-3-7(8)9(6-12)14-10/h1-4H,5-6H2. The molecule has 2 nitrogen and oxygen atoms in total. The van der Waals surface area contributed by atoms with Gasteiger partial charge >= 0.3 is 0 Å². The van der Waals surface area contributed by atoms with Crippen LogP contribution in [0.25, 0.3) is 10.9 Å². The molecule has 0 bridgehead atoms. The van der Waals surface area contributed by atoms with E-state index in [9.17, 15) is 4.39 Å². The predicted molar refractivity (Wildman–Crippen MR) is 53.9 cm³/mol. The van der Waals surface area contributed by atoms with Gasteiger partial charge in [-0.25, -0.2) is 14.4 Å². The van der Waals surface area contributed by atoms with Crippen LogP contribution in [0.4, 0.5) is 4.39 Å². The molecule has 2 rings (SSSR count). The number of benzene rings is 1. The quantitative estimate of drug-likeness (QED) is 0.713. The van der Waals surface area contributed by atoms with Crippen LogP contribution >= 0.6 is 11.6 Å². The summed E-state index contributed by atoms with van der Waals surface area (Å²) in [6.45, 7) is -0.590. The highest BCUT2D eigenvalue weighted by atomic mass is 35.5. The Morgan fingerprint density at radius 3 is 2.71 bits per heavy atom. The zero-order valence-corrected chi connectivity index (χ0v) is 8.13. The number of halogens is 2. The maximum atomic E-state index is 12.6. The van der Waals surface area contributed by atoms with Gasteiger partial charge in [-0.3, -0.25) is 0 Å². The Labute approximate surface area is 85.8 Å². The van der Waals surface area contributed by atoms with E-state index in [4.69, 9.17) is 11.6 Å². The molecular formula is C10H8ClFN2. The maximum absolute atomic E-state index is 12.6. The topological polar surface area (TPSA) is 25.8 Å². The summed E-state index contributed by atoms with van der Waals surface area (Å²) in [5.41, 5.74) is 1.15. The van der Waals surface area contributed by atoms with E-state index < -0.39 is 6.67 Å². The Bertz CT molecular complexity index is 459. The molecule has 14 heavy (non-hydrogen) atoms. The molecule has 0 N–H and O–H groups in total. The lowest BCUT2D eigenvalue weighted by Gasteiger charge is -2.03. The first-order valence-corrected chi connectivity index (χ1v) is 4.75. The first-order chi connectivity index (χ1) is 6.85. The van der Waals surface area contributed by atoms with Gasteiger partial charge in [0.05, 0.1) is 17.1 Å². The smallest absolute Gasteiger partial charge is 0.144 e. The average Bonchev–Trinajstić information content (AvgIpc) is 2.27. The second kappa shape index (κ2) is 3.88. The number of rotatable bonds is 2. The van der Waals surface area contributed by atoms with Gasteiger partial charge in [0.15, 0.2) is 0 Å². The molecule has 0 spiro atoms. The van der Waals surface area contributed by atoms with Crippen LogP contribution in [0.15, 0.2) is 24.3 Å². The van der Waals surface area contributed by atoms with Crippen molar-refractivity contribution in [2.75, 3.05) is 0 Å². The SMILES string of the molecule is FCc1nc(CCl)nc2ccccc12. The van der Waals surface area contributed by atoms with E-state index in [-0.39, 0.29) is 5.88 Å². The van der Waals surface area contributed by atoms with E-state index in [2.05, 4.69) is 9.97 Å². The third-order valence-corrected chi connectivity index (χ3v) is 2.21. The molecule has 0 unspecified atom stereocenters. The largest absolute Gasteiger partial charge is 0.244 e. The second-order valence-electron chi connectivity index (χ2n) is 2.87. The Morgan fingerprint density at radius 1 is 1.21 bits per heavy atom. The summed E-state index contributed by atoms with van der Waals surface area (Å²) in [4.78, 5) is 8.21. The van der Waals surface area contributed by atoms with Crippen molar-refractivity contribution >= 4 is 22.5 Å². The van der Waals surface area contributed by atoms with E-state index in [0.29, 0.717) is 11.5 Å². The molecule has 0 saturated carbocycles. The normalized spacial score (nSPS) is 10.7. The molecule has 0 radical (unpaired) electrons. The van der Waals surface area contributed by atoms with Crippen molar-refractivity contribution in [1.82, 2.24) is 9.97 Å².